The Morgan fingerprint density at radius 2 is 2.13 bits per heavy atom. The van der Waals surface area contributed by atoms with Crippen LogP contribution in [0.2, 0.25) is 0 Å². The number of primary amides is 1. The van der Waals surface area contributed by atoms with Gasteiger partial charge < -0.3 is 10.5 Å². The number of carbonyl (C=O) groups is 1. The van der Waals surface area contributed by atoms with E-state index in [0.29, 0.717) is 6.07 Å². The lowest BCUT2D eigenvalue weighted by Gasteiger charge is -2.05. The molecule has 0 saturated heterocycles. The predicted octanol–water partition coefficient (Wildman–Crippen LogP) is 1.47. The number of methoxy groups -OCH3 is 1. The first-order valence-corrected chi connectivity index (χ1v) is 4.05. The normalized spacial score (nSPS) is 10.6. The monoisotopic (exact) mass is 213 g/mol. The first-order chi connectivity index (χ1) is 7.04. The second kappa shape index (κ2) is 4.54. The number of carbonyl (C=O) groups excluding carboxylic acids is 1. The van der Waals surface area contributed by atoms with Crippen molar-refractivity contribution in [3.63, 3.8) is 0 Å². The second-order valence-corrected chi connectivity index (χ2v) is 2.75. The molecule has 0 radical (unpaired) electrons. The first-order valence-electron chi connectivity index (χ1n) is 4.05. The molecule has 0 fully saturated rings. The number of hydrogen-bond donors (Lipinski definition) is 1. The summed E-state index contributed by atoms with van der Waals surface area (Å²) in [6.45, 7) is 0. The summed E-state index contributed by atoms with van der Waals surface area (Å²) < 4.78 is 30.7. The van der Waals surface area contributed by atoms with Crippen molar-refractivity contribution >= 4 is 12.0 Å². The van der Waals surface area contributed by atoms with Crippen LogP contribution in [0.25, 0.3) is 6.08 Å². The smallest absolute Gasteiger partial charge is 0.241 e. The first kappa shape index (κ1) is 11.2. The van der Waals surface area contributed by atoms with Gasteiger partial charge in [-0.15, -0.1) is 0 Å². The van der Waals surface area contributed by atoms with Gasteiger partial charge >= 0.3 is 0 Å². The maximum Gasteiger partial charge on any atom is 0.241 e. The fraction of sp³-hybridized carbons (Fsp3) is 0.100. The summed E-state index contributed by atoms with van der Waals surface area (Å²) in [7, 11) is 1.25. The van der Waals surface area contributed by atoms with E-state index < -0.39 is 17.5 Å². The number of rotatable bonds is 3. The maximum atomic E-state index is 13.1. The largest absolute Gasteiger partial charge is 0.493 e. The van der Waals surface area contributed by atoms with Gasteiger partial charge in [-0.2, -0.15) is 0 Å². The molecule has 0 bridgehead atoms. The van der Waals surface area contributed by atoms with E-state index in [2.05, 4.69) is 0 Å². The van der Waals surface area contributed by atoms with E-state index in [9.17, 15) is 13.6 Å². The number of halogens is 2. The average Bonchev–Trinajstić information content (AvgIpc) is 2.13. The van der Waals surface area contributed by atoms with E-state index in [1.54, 1.807) is 0 Å². The molecule has 0 unspecified atom stereocenters. The third-order valence-corrected chi connectivity index (χ3v) is 1.67. The summed E-state index contributed by atoms with van der Waals surface area (Å²) in [5.41, 5.74) is 4.97. The Morgan fingerprint density at radius 1 is 1.47 bits per heavy atom. The Balaban J connectivity index is 3.20. The Hall–Kier alpha value is -1.91. The average molecular weight is 213 g/mol. The van der Waals surface area contributed by atoms with E-state index in [0.717, 1.165) is 12.1 Å². The molecule has 80 valence electrons. The van der Waals surface area contributed by atoms with E-state index in [-0.39, 0.29) is 11.3 Å². The lowest BCUT2D eigenvalue weighted by Crippen LogP contribution is -2.05. The van der Waals surface area contributed by atoms with Crippen molar-refractivity contribution in [2.24, 2.45) is 5.73 Å². The number of nitrogens with two attached hydrogens (primary N) is 1. The van der Waals surface area contributed by atoms with Gasteiger partial charge in [0.15, 0.2) is 11.6 Å². The quantitative estimate of drug-likeness (QED) is 0.773. The number of hydrogen-bond acceptors (Lipinski definition) is 2. The maximum absolute atomic E-state index is 13.1. The minimum Gasteiger partial charge on any atom is -0.493 e. The molecule has 15 heavy (non-hydrogen) atoms. The number of amides is 1. The summed E-state index contributed by atoms with van der Waals surface area (Å²) in [4.78, 5) is 10.4. The van der Waals surface area contributed by atoms with Crippen LogP contribution >= 0.6 is 0 Å². The van der Waals surface area contributed by atoms with Gasteiger partial charge in [0.1, 0.15) is 5.82 Å². The molecule has 0 aromatic heterocycles. The molecule has 0 aliphatic rings. The zero-order valence-corrected chi connectivity index (χ0v) is 7.96. The van der Waals surface area contributed by atoms with Crippen molar-refractivity contribution in [3.05, 3.63) is 35.4 Å². The second-order valence-electron chi connectivity index (χ2n) is 2.75. The van der Waals surface area contributed by atoms with E-state index in [1.807, 2.05) is 0 Å². The van der Waals surface area contributed by atoms with Crippen molar-refractivity contribution < 1.29 is 18.3 Å². The Bertz CT molecular complexity index is 416. The van der Waals surface area contributed by atoms with E-state index >= 15 is 0 Å². The fourth-order valence-electron chi connectivity index (χ4n) is 1.09. The lowest BCUT2D eigenvalue weighted by atomic mass is 10.1. The van der Waals surface area contributed by atoms with Crippen LogP contribution in [-0.2, 0) is 4.79 Å². The van der Waals surface area contributed by atoms with Gasteiger partial charge in [-0.1, -0.05) is 0 Å². The van der Waals surface area contributed by atoms with Crippen molar-refractivity contribution in [2.75, 3.05) is 7.11 Å². The summed E-state index contributed by atoms with van der Waals surface area (Å²) in [5.74, 6) is -2.42. The molecular weight excluding hydrogens is 204 g/mol. The van der Waals surface area contributed by atoms with Gasteiger partial charge in [-0.3, -0.25) is 4.79 Å². The standard InChI is InChI=1S/C10H9F2NO2/c1-15-10-6(2-3-9(13)14)4-7(11)5-8(10)12/h2-5H,1H3,(H2,13,14)/b3-2+. The number of ether oxygens (including phenoxy) is 1. The third-order valence-electron chi connectivity index (χ3n) is 1.67. The molecule has 1 amide bonds. The van der Waals surface area contributed by atoms with E-state index in [1.165, 1.54) is 13.2 Å². The molecule has 0 saturated carbocycles. The molecule has 0 spiro atoms. The van der Waals surface area contributed by atoms with Crippen LogP contribution in [-0.4, -0.2) is 13.0 Å². The zero-order valence-electron chi connectivity index (χ0n) is 7.96. The molecule has 0 atom stereocenters. The van der Waals surface area contributed by atoms with Gasteiger partial charge in [0.25, 0.3) is 0 Å². The van der Waals surface area contributed by atoms with Gasteiger partial charge in [-0.05, 0) is 12.1 Å². The molecule has 0 heterocycles. The zero-order chi connectivity index (χ0) is 11.4. The summed E-state index contributed by atoms with van der Waals surface area (Å²) in [5, 5.41) is 0. The lowest BCUT2D eigenvalue weighted by molar-refractivity contribution is -0.113. The van der Waals surface area contributed by atoms with Gasteiger partial charge in [0.2, 0.25) is 5.91 Å². The van der Waals surface area contributed by atoms with Crippen LogP contribution in [0.4, 0.5) is 8.78 Å². The van der Waals surface area contributed by atoms with Crippen LogP contribution < -0.4 is 10.5 Å². The highest BCUT2D eigenvalue weighted by molar-refractivity contribution is 5.90. The molecule has 1 aromatic rings. The molecule has 0 aliphatic heterocycles. The topological polar surface area (TPSA) is 52.3 Å². The summed E-state index contributed by atoms with van der Waals surface area (Å²) in [6.07, 6.45) is 2.18. The Kier molecular flexibility index (Phi) is 3.38. The molecule has 2 N–H and O–H groups in total. The highest BCUT2D eigenvalue weighted by atomic mass is 19.1. The van der Waals surface area contributed by atoms with E-state index in [4.69, 9.17) is 10.5 Å². The third kappa shape index (κ3) is 2.77. The van der Waals surface area contributed by atoms with Crippen LogP contribution in [0.5, 0.6) is 5.75 Å². The van der Waals surface area contributed by atoms with Gasteiger partial charge in [0.05, 0.1) is 7.11 Å². The van der Waals surface area contributed by atoms with Gasteiger partial charge in [-0.25, -0.2) is 8.78 Å². The highest BCUT2D eigenvalue weighted by Gasteiger charge is 2.09. The van der Waals surface area contributed by atoms with Crippen molar-refractivity contribution in [3.8, 4) is 5.75 Å². The summed E-state index contributed by atoms with van der Waals surface area (Å²) >= 11 is 0. The fourth-order valence-corrected chi connectivity index (χ4v) is 1.09. The minimum absolute atomic E-state index is 0.119. The molecule has 1 aromatic carbocycles. The minimum atomic E-state index is -0.832. The van der Waals surface area contributed by atoms with Gasteiger partial charge in [0, 0.05) is 17.7 Å². The molecule has 1 rings (SSSR count). The summed E-state index contributed by atoms with van der Waals surface area (Å²) in [6, 6.07) is 1.74. The van der Waals surface area contributed by atoms with Crippen LogP contribution in [0.1, 0.15) is 5.56 Å². The Labute approximate surface area is 85.1 Å². The molecule has 3 nitrogen and oxygen atoms in total. The van der Waals surface area contributed by atoms with Crippen LogP contribution in [0.15, 0.2) is 18.2 Å². The SMILES string of the molecule is COc1c(F)cc(F)cc1/C=C/C(N)=O. The van der Waals surface area contributed by atoms with Crippen molar-refractivity contribution in [1.82, 2.24) is 0 Å². The van der Waals surface area contributed by atoms with Crippen molar-refractivity contribution in [2.45, 2.75) is 0 Å². The Morgan fingerprint density at radius 3 is 2.67 bits per heavy atom. The number of benzene rings is 1. The molecule has 0 aliphatic carbocycles. The molecule has 5 heteroatoms. The van der Waals surface area contributed by atoms with Crippen molar-refractivity contribution in [1.29, 1.82) is 0 Å². The molecular formula is C10H9F2NO2. The van der Waals surface area contributed by atoms with Crippen LogP contribution in [0.3, 0.4) is 0 Å². The predicted molar refractivity (Wildman–Crippen MR) is 51.1 cm³/mol. The highest BCUT2D eigenvalue weighted by Crippen LogP contribution is 2.24. The van der Waals surface area contributed by atoms with Crippen LogP contribution in [0, 0.1) is 11.6 Å².